The van der Waals surface area contributed by atoms with E-state index in [4.69, 9.17) is 26.1 Å². The number of rotatable bonds is 3. The summed E-state index contributed by atoms with van der Waals surface area (Å²) in [5.74, 6) is -0.572. The van der Waals surface area contributed by atoms with Crippen LogP contribution in [0.5, 0.6) is 5.75 Å². The number of allylic oxidation sites excluding steroid dienone is 1. The number of aldehydes is 1. The number of fused-ring (bicyclic) bond motifs is 4. The molecule has 0 spiro atoms. The maximum Gasteiger partial charge on any atom is 0.264 e. The molecule has 7 rings (SSSR count). The van der Waals surface area contributed by atoms with Crippen molar-refractivity contribution in [1.29, 1.82) is 0 Å². The van der Waals surface area contributed by atoms with Crippen molar-refractivity contribution in [2.24, 2.45) is 17.8 Å². The van der Waals surface area contributed by atoms with Crippen LogP contribution in [-0.4, -0.2) is 63.2 Å². The van der Waals surface area contributed by atoms with E-state index in [9.17, 15) is 18.0 Å². The van der Waals surface area contributed by atoms with Crippen LogP contribution in [0.1, 0.15) is 89.5 Å². The van der Waals surface area contributed by atoms with Gasteiger partial charge >= 0.3 is 0 Å². The van der Waals surface area contributed by atoms with Crippen LogP contribution in [-0.2, 0) is 39.1 Å². The van der Waals surface area contributed by atoms with Gasteiger partial charge in [0, 0.05) is 66.2 Å². The standard InChI is InChI=1S/C39H47ClN4O6S2/c1-24-7-6-13-39(22-45,49-3)33-12-10-27(33)20-44-14-5-4-8-26-15-30(40)11-9-28(26)21-50-37-31(32-18-41-19-35-36(32)42-23-51-35)16-29(17-34(37)44)38(46)43-52(47,48)25(24)2/h6,9,11,13,15-17,22-25,27,32-33,41H,4-5,7-8,10,12,14,18-21H2,1-3H3,(H,43,46)/b13-6+/t24-,25+,27-,32?,33+,39+/m0/s1. The number of thiazole rings is 1. The molecule has 0 radical (unpaired) electrons. The van der Waals surface area contributed by atoms with Crippen molar-refractivity contribution in [3.05, 3.63) is 85.8 Å². The molecule has 1 aromatic heterocycles. The van der Waals surface area contributed by atoms with Crippen LogP contribution < -0.4 is 19.7 Å². The fourth-order valence-corrected chi connectivity index (χ4v) is 10.5. The highest BCUT2D eigenvalue weighted by Gasteiger charge is 2.47. The molecule has 3 aromatic rings. The van der Waals surface area contributed by atoms with E-state index in [0.717, 1.165) is 71.3 Å². The second kappa shape index (κ2) is 15.2. The number of nitrogens with one attached hydrogen (secondary N) is 2. The Morgan fingerprint density at radius 3 is 2.77 bits per heavy atom. The first-order valence-corrected chi connectivity index (χ1v) is 21.0. The van der Waals surface area contributed by atoms with Crippen LogP contribution in [0.2, 0.25) is 5.02 Å². The van der Waals surface area contributed by atoms with Gasteiger partial charge in [-0.15, -0.1) is 11.3 Å². The number of nitrogens with zero attached hydrogens (tertiary/aromatic N) is 2. The summed E-state index contributed by atoms with van der Waals surface area (Å²) >= 11 is 8.05. The Morgan fingerprint density at radius 1 is 1.15 bits per heavy atom. The van der Waals surface area contributed by atoms with Gasteiger partial charge in [0.15, 0.2) is 6.29 Å². The lowest BCUT2D eigenvalue weighted by atomic mass is 9.64. The van der Waals surface area contributed by atoms with Gasteiger partial charge in [0.25, 0.3) is 5.91 Å². The Kier molecular flexibility index (Phi) is 10.8. The summed E-state index contributed by atoms with van der Waals surface area (Å²) in [5, 5.41) is 3.32. The Morgan fingerprint density at radius 2 is 2.00 bits per heavy atom. The van der Waals surface area contributed by atoms with E-state index < -0.39 is 26.8 Å². The first kappa shape index (κ1) is 37.0. The maximum atomic E-state index is 14.2. The number of hydrogen-bond donors (Lipinski definition) is 2. The summed E-state index contributed by atoms with van der Waals surface area (Å²) in [6, 6.07) is 9.50. The molecule has 6 atom stereocenters. The van der Waals surface area contributed by atoms with Crippen LogP contribution in [0, 0.1) is 17.8 Å². The van der Waals surface area contributed by atoms with Crippen LogP contribution in [0.4, 0.5) is 5.69 Å². The van der Waals surface area contributed by atoms with Crippen molar-refractivity contribution in [2.45, 2.75) is 82.3 Å². The van der Waals surface area contributed by atoms with Crippen molar-refractivity contribution in [3.63, 3.8) is 0 Å². The highest BCUT2D eigenvalue weighted by Crippen LogP contribution is 2.47. The fraction of sp³-hybridized carbons (Fsp3) is 0.513. The molecule has 278 valence electrons. The van der Waals surface area contributed by atoms with Gasteiger partial charge in [0.05, 0.1) is 22.1 Å². The smallest absolute Gasteiger partial charge is 0.264 e. The molecule has 1 fully saturated rings. The van der Waals surface area contributed by atoms with Gasteiger partial charge in [-0.1, -0.05) is 30.7 Å². The Hall–Kier alpha value is -3.29. The zero-order chi connectivity index (χ0) is 36.6. The fourth-order valence-electron chi connectivity index (χ4n) is 8.27. The van der Waals surface area contributed by atoms with Crippen molar-refractivity contribution in [2.75, 3.05) is 31.6 Å². The predicted molar refractivity (Wildman–Crippen MR) is 204 cm³/mol. The minimum absolute atomic E-state index is 0.0735. The van der Waals surface area contributed by atoms with Crippen molar-refractivity contribution >= 4 is 50.8 Å². The first-order chi connectivity index (χ1) is 25.0. The van der Waals surface area contributed by atoms with E-state index >= 15 is 0 Å². The highest BCUT2D eigenvalue weighted by atomic mass is 35.5. The zero-order valence-corrected chi connectivity index (χ0v) is 32.3. The summed E-state index contributed by atoms with van der Waals surface area (Å²) in [5.41, 5.74) is 5.56. The lowest BCUT2D eigenvalue weighted by Crippen LogP contribution is -2.52. The SMILES string of the molecule is CO[C@@]1(C=O)/C=C/C[C@H](C)[C@@H](C)S(=O)(=O)NC(=O)c2cc(C3CNCc4scnc43)c3c(c2)N(CCCCc2cc(Cl)ccc2CO3)C[C@@H]2CC[C@H]21. The molecule has 0 saturated heterocycles. The Labute approximate surface area is 315 Å². The van der Waals surface area contributed by atoms with E-state index in [1.807, 2.05) is 42.8 Å². The summed E-state index contributed by atoms with van der Waals surface area (Å²) in [6.45, 7) is 6.27. The average molecular weight is 767 g/mol. The second-order valence-electron chi connectivity index (χ2n) is 14.8. The normalized spacial score (nSPS) is 29.8. The minimum Gasteiger partial charge on any atom is -0.486 e. The molecule has 13 heteroatoms. The highest BCUT2D eigenvalue weighted by molar-refractivity contribution is 7.90. The molecule has 1 saturated carbocycles. The van der Waals surface area contributed by atoms with Gasteiger partial charge in [-0.25, -0.2) is 18.1 Å². The maximum absolute atomic E-state index is 14.2. The molecule has 2 aromatic carbocycles. The molecule has 10 nitrogen and oxygen atoms in total. The molecule has 2 bridgehead atoms. The van der Waals surface area contributed by atoms with Crippen LogP contribution in [0.3, 0.4) is 0 Å². The summed E-state index contributed by atoms with van der Waals surface area (Å²) in [4.78, 5) is 35.2. The van der Waals surface area contributed by atoms with Crippen molar-refractivity contribution < 1.29 is 27.5 Å². The number of halogens is 1. The van der Waals surface area contributed by atoms with Gasteiger partial charge < -0.3 is 19.7 Å². The van der Waals surface area contributed by atoms with E-state index in [1.165, 1.54) is 0 Å². The molecule has 2 N–H and O–H groups in total. The first-order valence-electron chi connectivity index (χ1n) is 18.2. The topological polar surface area (TPSA) is 127 Å². The van der Waals surface area contributed by atoms with Crippen molar-refractivity contribution in [3.8, 4) is 5.75 Å². The number of sulfonamides is 1. The number of hydrogen-bond acceptors (Lipinski definition) is 10. The Bertz CT molecular complexity index is 1970. The molecule has 1 unspecified atom stereocenters. The monoisotopic (exact) mass is 766 g/mol. The molecule has 4 heterocycles. The lowest BCUT2D eigenvalue weighted by molar-refractivity contribution is -0.135. The average Bonchev–Trinajstić information content (AvgIpc) is 3.60. The number of amides is 1. The number of ether oxygens (including phenoxy) is 2. The molecule has 52 heavy (non-hydrogen) atoms. The summed E-state index contributed by atoms with van der Waals surface area (Å²) in [6.07, 6.45) is 9.31. The van der Waals surface area contributed by atoms with Gasteiger partial charge in [0.2, 0.25) is 10.0 Å². The largest absolute Gasteiger partial charge is 0.486 e. The lowest BCUT2D eigenvalue weighted by Gasteiger charge is -2.47. The molecule has 4 aliphatic rings. The van der Waals surface area contributed by atoms with Crippen LogP contribution in [0.15, 0.2) is 48.0 Å². The third-order valence-electron chi connectivity index (χ3n) is 11.8. The number of methoxy groups -OCH3 is 1. The minimum atomic E-state index is -4.07. The van der Waals surface area contributed by atoms with E-state index in [1.54, 1.807) is 37.5 Å². The summed E-state index contributed by atoms with van der Waals surface area (Å²) < 4.78 is 42.8. The van der Waals surface area contributed by atoms with Crippen LogP contribution >= 0.6 is 22.9 Å². The number of anilines is 1. The van der Waals surface area contributed by atoms with Gasteiger partial charge in [-0.3, -0.25) is 9.59 Å². The van der Waals surface area contributed by atoms with E-state index in [2.05, 4.69) is 14.9 Å². The second-order valence-corrected chi connectivity index (χ2v) is 18.2. The molecular formula is C39H47ClN4O6S2. The number of carbonyl (C=O) groups is 2. The predicted octanol–water partition coefficient (Wildman–Crippen LogP) is 6.41. The van der Waals surface area contributed by atoms with Gasteiger partial charge in [0.1, 0.15) is 18.0 Å². The molecule has 1 amide bonds. The van der Waals surface area contributed by atoms with E-state index in [-0.39, 0.29) is 35.8 Å². The number of carbonyl (C=O) groups excluding carboxylic acids is 2. The number of aryl methyl sites for hydroxylation is 1. The number of benzene rings is 2. The third-order valence-corrected chi connectivity index (χ3v) is 14.8. The third kappa shape index (κ3) is 7.16. The molecule has 3 aliphatic heterocycles. The summed E-state index contributed by atoms with van der Waals surface area (Å²) in [7, 11) is -2.50. The quantitative estimate of drug-likeness (QED) is 0.230. The van der Waals surface area contributed by atoms with Crippen molar-refractivity contribution in [1.82, 2.24) is 15.0 Å². The van der Waals surface area contributed by atoms with Gasteiger partial charge in [-0.2, -0.15) is 0 Å². The molecule has 1 aliphatic carbocycles. The van der Waals surface area contributed by atoms with Crippen LogP contribution in [0.25, 0.3) is 0 Å². The van der Waals surface area contributed by atoms with Gasteiger partial charge in [-0.05, 0) is 98.8 Å². The molecular weight excluding hydrogens is 720 g/mol. The number of aromatic nitrogens is 1. The zero-order valence-electron chi connectivity index (χ0n) is 29.9. The Balaban J connectivity index is 1.42. The van der Waals surface area contributed by atoms with E-state index in [0.29, 0.717) is 43.4 Å².